The van der Waals surface area contributed by atoms with Gasteiger partial charge >= 0.3 is 5.69 Å². The Morgan fingerprint density at radius 2 is 1.68 bits per heavy atom. The standard InChI is InChI=1S/C30H38N6O2/c1-30(2)19-38-17-14-26(30)36-27-24-18-21(8-11-25(24)31-32-28(27)34(5)29(36)37)20-6-9-23(10-7-20)35-15-12-22(13-16-35)33(3)4/h6-11,18,22,26H,12-17,19H2,1-5H3/t26-/m0/s1. The molecular weight excluding hydrogens is 476 g/mol. The molecule has 0 aliphatic carbocycles. The van der Waals surface area contributed by atoms with Crippen LogP contribution in [0.15, 0.2) is 47.3 Å². The van der Waals surface area contributed by atoms with Gasteiger partial charge in [-0.3, -0.25) is 9.13 Å². The van der Waals surface area contributed by atoms with Crippen LogP contribution in [0.3, 0.4) is 0 Å². The molecule has 0 unspecified atom stereocenters. The SMILES string of the molecule is CN(C)C1CCN(c2ccc(-c3ccc4nnc5c(c4c3)n([C@H]3CCOCC3(C)C)c(=O)n5C)cc2)CC1. The highest BCUT2D eigenvalue weighted by molar-refractivity contribution is 6.02. The summed E-state index contributed by atoms with van der Waals surface area (Å²) in [6, 6.07) is 15.9. The molecule has 2 fully saturated rings. The summed E-state index contributed by atoms with van der Waals surface area (Å²) in [6.07, 6.45) is 3.18. The summed E-state index contributed by atoms with van der Waals surface area (Å²) in [6.45, 7) is 7.80. The summed E-state index contributed by atoms with van der Waals surface area (Å²) >= 11 is 0. The van der Waals surface area contributed by atoms with Crippen LogP contribution in [0.4, 0.5) is 5.69 Å². The van der Waals surface area contributed by atoms with Crippen molar-refractivity contribution in [3.8, 4) is 11.1 Å². The van der Waals surface area contributed by atoms with E-state index in [1.54, 1.807) is 11.6 Å². The van der Waals surface area contributed by atoms with Gasteiger partial charge in [0.15, 0.2) is 5.65 Å². The van der Waals surface area contributed by atoms with E-state index in [2.05, 4.69) is 84.3 Å². The first-order valence-corrected chi connectivity index (χ1v) is 13.7. The minimum absolute atomic E-state index is 0.0272. The molecule has 38 heavy (non-hydrogen) atoms. The van der Waals surface area contributed by atoms with Crippen molar-refractivity contribution in [2.24, 2.45) is 12.5 Å². The van der Waals surface area contributed by atoms with Gasteiger partial charge in [-0.25, -0.2) is 4.79 Å². The second-order valence-electron chi connectivity index (χ2n) is 11.9. The average Bonchev–Trinajstić information content (AvgIpc) is 3.18. The number of hydrogen-bond acceptors (Lipinski definition) is 6. The number of nitrogens with zero attached hydrogens (tertiary/aromatic N) is 6. The Kier molecular flexibility index (Phi) is 6.27. The minimum atomic E-state index is -0.166. The van der Waals surface area contributed by atoms with Gasteiger partial charge in [-0.1, -0.05) is 32.0 Å². The normalized spacial score (nSPS) is 20.6. The molecule has 2 saturated heterocycles. The van der Waals surface area contributed by atoms with Gasteiger partial charge in [0.05, 0.1) is 12.1 Å². The van der Waals surface area contributed by atoms with Gasteiger partial charge in [0.25, 0.3) is 0 Å². The summed E-state index contributed by atoms with van der Waals surface area (Å²) < 4.78 is 9.36. The monoisotopic (exact) mass is 514 g/mol. The van der Waals surface area contributed by atoms with Gasteiger partial charge in [0.1, 0.15) is 5.52 Å². The molecule has 0 bridgehead atoms. The number of piperidine rings is 1. The molecule has 0 radical (unpaired) electrons. The Balaban J connectivity index is 1.39. The molecule has 2 aromatic carbocycles. The molecule has 4 aromatic rings. The van der Waals surface area contributed by atoms with E-state index in [1.165, 1.54) is 18.5 Å². The second-order valence-corrected chi connectivity index (χ2v) is 11.9. The van der Waals surface area contributed by atoms with Crippen molar-refractivity contribution in [1.29, 1.82) is 0 Å². The van der Waals surface area contributed by atoms with Crippen LogP contribution in [-0.4, -0.2) is 70.7 Å². The zero-order chi connectivity index (χ0) is 26.6. The summed E-state index contributed by atoms with van der Waals surface area (Å²) in [7, 11) is 6.15. The first kappa shape index (κ1) is 25.1. The molecule has 6 rings (SSSR count). The van der Waals surface area contributed by atoms with Gasteiger partial charge in [-0.15, -0.1) is 10.2 Å². The molecule has 0 amide bonds. The highest BCUT2D eigenvalue weighted by Crippen LogP contribution is 2.39. The van der Waals surface area contributed by atoms with Gasteiger partial charge in [-0.05, 0) is 68.8 Å². The molecule has 200 valence electrons. The third-order valence-corrected chi connectivity index (χ3v) is 8.75. The lowest BCUT2D eigenvalue weighted by atomic mass is 9.81. The highest BCUT2D eigenvalue weighted by atomic mass is 16.5. The lowest BCUT2D eigenvalue weighted by molar-refractivity contribution is -0.0253. The Labute approximate surface area is 223 Å². The summed E-state index contributed by atoms with van der Waals surface area (Å²) in [4.78, 5) is 18.4. The van der Waals surface area contributed by atoms with Crippen LogP contribution in [0.2, 0.25) is 0 Å². The first-order chi connectivity index (χ1) is 18.2. The van der Waals surface area contributed by atoms with E-state index in [-0.39, 0.29) is 17.1 Å². The maximum Gasteiger partial charge on any atom is 0.330 e. The molecule has 4 heterocycles. The van der Waals surface area contributed by atoms with E-state index in [0.29, 0.717) is 24.9 Å². The van der Waals surface area contributed by atoms with E-state index in [4.69, 9.17) is 4.74 Å². The quantitative estimate of drug-likeness (QED) is 0.400. The summed E-state index contributed by atoms with van der Waals surface area (Å²) in [5.74, 6) is 0. The predicted molar refractivity (Wildman–Crippen MR) is 153 cm³/mol. The van der Waals surface area contributed by atoms with Crippen LogP contribution in [-0.2, 0) is 11.8 Å². The Morgan fingerprint density at radius 1 is 0.974 bits per heavy atom. The number of rotatable bonds is 4. The molecule has 0 saturated carbocycles. The number of anilines is 1. The van der Waals surface area contributed by atoms with Crippen LogP contribution in [0.5, 0.6) is 0 Å². The molecule has 8 heteroatoms. The topological polar surface area (TPSA) is 68.4 Å². The van der Waals surface area contributed by atoms with E-state index in [1.807, 2.05) is 10.6 Å². The number of hydrogen-bond donors (Lipinski definition) is 0. The number of benzene rings is 2. The number of imidazole rings is 1. The first-order valence-electron chi connectivity index (χ1n) is 13.7. The highest BCUT2D eigenvalue weighted by Gasteiger charge is 2.37. The van der Waals surface area contributed by atoms with Crippen LogP contribution in [0.25, 0.3) is 33.2 Å². The second kappa shape index (κ2) is 9.50. The Hall–Kier alpha value is -3.23. The van der Waals surface area contributed by atoms with Crippen LogP contribution < -0.4 is 10.6 Å². The van der Waals surface area contributed by atoms with Crippen molar-refractivity contribution < 1.29 is 4.74 Å². The number of ether oxygens (including phenoxy) is 1. The van der Waals surface area contributed by atoms with Crippen LogP contribution in [0.1, 0.15) is 39.2 Å². The van der Waals surface area contributed by atoms with Gasteiger partial charge in [0, 0.05) is 55.3 Å². The number of aryl methyl sites for hydroxylation is 1. The fraction of sp³-hybridized carbons (Fsp3) is 0.500. The molecule has 0 N–H and O–H groups in total. The van der Waals surface area contributed by atoms with Gasteiger partial charge in [-0.2, -0.15) is 0 Å². The smallest absolute Gasteiger partial charge is 0.330 e. The van der Waals surface area contributed by atoms with E-state index in [9.17, 15) is 4.79 Å². The summed E-state index contributed by atoms with van der Waals surface area (Å²) in [5.41, 5.74) is 5.61. The Bertz CT molecular complexity index is 1530. The van der Waals surface area contributed by atoms with Crippen molar-refractivity contribution in [2.45, 2.75) is 45.2 Å². The van der Waals surface area contributed by atoms with Crippen molar-refractivity contribution in [1.82, 2.24) is 24.2 Å². The molecule has 0 spiro atoms. The maximum absolute atomic E-state index is 13.5. The number of aromatic nitrogens is 4. The molecule has 2 aliphatic rings. The zero-order valence-corrected chi connectivity index (χ0v) is 23.1. The third kappa shape index (κ3) is 4.20. The van der Waals surface area contributed by atoms with Gasteiger partial charge in [0.2, 0.25) is 0 Å². The van der Waals surface area contributed by atoms with Crippen LogP contribution >= 0.6 is 0 Å². The lowest BCUT2D eigenvalue weighted by Gasteiger charge is -2.38. The Morgan fingerprint density at radius 3 is 2.37 bits per heavy atom. The predicted octanol–water partition coefficient (Wildman–Crippen LogP) is 4.47. The molecule has 2 aromatic heterocycles. The molecule has 8 nitrogen and oxygen atoms in total. The molecule has 2 aliphatic heterocycles. The zero-order valence-electron chi connectivity index (χ0n) is 23.1. The third-order valence-electron chi connectivity index (χ3n) is 8.75. The van der Waals surface area contributed by atoms with Crippen molar-refractivity contribution >= 4 is 27.8 Å². The average molecular weight is 515 g/mol. The van der Waals surface area contributed by atoms with Crippen molar-refractivity contribution in [2.75, 3.05) is 45.3 Å². The maximum atomic E-state index is 13.5. The van der Waals surface area contributed by atoms with E-state index >= 15 is 0 Å². The van der Waals surface area contributed by atoms with Gasteiger partial charge < -0.3 is 14.5 Å². The van der Waals surface area contributed by atoms with E-state index in [0.717, 1.165) is 47.1 Å². The fourth-order valence-electron chi connectivity index (χ4n) is 6.36. The molecular formula is C30H38N6O2. The largest absolute Gasteiger partial charge is 0.381 e. The lowest BCUT2D eigenvalue weighted by Crippen LogP contribution is -2.41. The van der Waals surface area contributed by atoms with E-state index < -0.39 is 0 Å². The molecule has 1 atom stereocenters. The van der Waals surface area contributed by atoms with Crippen molar-refractivity contribution in [3.05, 3.63) is 52.9 Å². The minimum Gasteiger partial charge on any atom is -0.381 e. The fourth-order valence-corrected chi connectivity index (χ4v) is 6.36. The number of fused-ring (bicyclic) bond motifs is 3. The van der Waals surface area contributed by atoms with Crippen LogP contribution in [0, 0.1) is 5.41 Å². The van der Waals surface area contributed by atoms with Crippen molar-refractivity contribution in [3.63, 3.8) is 0 Å². The summed E-state index contributed by atoms with van der Waals surface area (Å²) in [5, 5.41) is 9.90.